The normalized spacial score (nSPS) is 16.7. The van der Waals surface area contributed by atoms with Crippen LogP contribution in [0.1, 0.15) is 43.9 Å². The first kappa shape index (κ1) is 23.0. The van der Waals surface area contributed by atoms with Crippen molar-refractivity contribution in [2.75, 3.05) is 6.61 Å². The van der Waals surface area contributed by atoms with E-state index in [0.29, 0.717) is 43.1 Å². The van der Waals surface area contributed by atoms with Gasteiger partial charge in [-0.25, -0.2) is 13.2 Å². The number of benzene rings is 3. The number of rotatable bonds is 4. The third-order valence-electron chi connectivity index (χ3n) is 6.58. The van der Waals surface area contributed by atoms with Crippen molar-refractivity contribution >= 4 is 11.5 Å². The number of nitrogens with one attached hydrogen (secondary N) is 1. The summed E-state index contributed by atoms with van der Waals surface area (Å²) in [6.45, 7) is 2.46. The van der Waals surface area contributed by atoms with E-state index in [1.807, 2.05) is 43.3 Å². The summed E-state index contributed by atoms with van der Waals surface area (Å²) in [5.74, 6) is -2.61. The molecular formula is C29H26F3NO2. The van der Waals surface area contributed by atoms with Gasteiger partial charge < -0.3 is 10.1 Å². The van der Waals surface area contributed by atoms with E-state index in [-0.39, 0.29) is 18.9 Å². The third kappa shape index (κ3) is 4.25. The molecule has 1 unspecified atom stereocenters. The Morgan fingerprint density at radius 3 is 2.69 bits per heavy atom. The van der Waals surface area contributed by atoms with Gasteiger partial charge in [-0.2, -0.15) is 0 Å². The third-order valence-corrected chi connectivity index (χ3v) is 6.58. The number of carbonyl (C=O) groups is 1. The minimum Gasteiger partial charge on any atom is -0.493 e. The van der Waals surface area contributed by atoms with Crippen LogP contribution >= 0.6 is 0 Å². The zero-order valence-corrected chi connectivity index (χ0v) is 19.2. The highest BCUT2D eigenvalue weighted by Gasteiger charge is 2.26. The van der Waals surface area contributed by atoms with Crippen LogP contribution in [0.5, 0.6) is 5.75 Å². The topological polar surface area (TPSA) is 38.3 Å². The molecule has 1 N–H and O–H groups in total. The monoisotopic (exact) mass is 477 g/mol. The van der Waals surface area contributed by atoms with E-state index in [1.54, 1.807) is 18.2 Å². The van der Waals surface area contributed by atoms with Gasteiger partial charge in [-0.1, -0.05) is 55.5 Å². The Kier molecular flexibility index (Phi) is 6.20. The van der Waals surface area contributed by atoms with Crippen molar-refractivity contribution in [2.24, 2.45) is 0 Å². The van der Waals surface area contributed by atoms with Gasteiger partial charge in [0.2, 0.25) is 0 Å². The van der Waals surface area contributed by atoms with Crippen LogP contribution in [0.2, 0.25) is 0 Å². The number of para-hydroxylation sites is 1. The van der Waals surface area contributed by atoms with Crippen molar-refractivity contribution < 1.29 is 24.1 Å². The molecule has 0 bridgehead atoms. The van der Waals surface area contributed by atoms with Crippen LogP contribution in [0.15, 0.2) is 72.3 Å². The van der Waals surface area contributed by atoms with Gasteiger partial charge in [0.15, 0.2) is 11.6 Å². The highest BCUT2D eigenvalue weighted by molar-refractivity contribution is 6.05. The van der Waals surface area contributed by atoms with Crippen molar-refractivity contribution in [3.05, 3.63) is 106 Å². The number of hydrogen-bond acceptors (Lipinski definition) is 2. The molecule has 5 rings (SSSR count). The number of halogens is 3. The molecule has 6 heteroatoms. The van der Waals surface area contributed by atoms with Gasteiger partial charge in [-0.3, -0.25) is 4.79 Å². The van der Waals surface area contributed by atoms with Crippen LogP contribution < -0.4 is 10.1 Å². The smallest absolute Gasteiger partial charge is 0.252 e. The Bertz CT molecular complexity index is 1380. The molecule has 180 valence electrons. The Balaban J connectivity index is 0.00000304. The standard InChI is InChI=1S/C29H24F3NO2.H2/c1-2-18-19-8-5-10-21(24-15-17(30)16-25(31)28(24)32)20(19)9-6-11-22(18)29(34)33-26-13-14-35-27-12-4-3-7-23(26)27;/h3-8,10-12,15-16,26H,2,9,13-14H2,1H3,(H,33,34);1H. The second-order valence-electron chi connectivity index (χ2n) is 8.63. The molecule has 0 aromatic heterocycles. The van der Waals surface area contributed by atoms with E-state index in [1.165, 1.54) is 0 Å². The summed E-state index contributed by atoms with van der Waals surface area (Å²) in [7, 11) is 0. The van der Waals surface area contributed by atoms with Crippen LogP contribution in [0.25, 0.3) is 16.7 Å². The van der Waals surface area contributed by atoms with E-state index in [0.717, 1.165) is 34.1 Å². The van der Waals surface area contributed by atoms with Crippen molar-refractivity contribution in [1.82, 2.24) is 5.32 Å². The van der Waals surface area contributed by atoms with E-state index in [9.17, 15) is 18.0 Å². The molecule has 0 spiro atoms. The lowest BCUT2D eigenvalue weighted by Gasteiger charge is -2.27. The van der Waals surface area contributed by atoms with E-state index in [2.05, 4.69) is 5.32 Å². The van der Waals surface area contributed by atoms with Crippen molar-refractivity contribution in [2.45, 2.75) is 32.2 Å². The molecule has 3 aromatic carbocycles. The summed E-state index contributed by atoms with van der Waals surface area (Å²) in [5.41, 5.74) is 4.04. The van der Waals surface area contributed by atoms with Gasteiger partial charge in [0, 0.05) is 30.6 Å². The Hall–Kier alpha value is -3.80. The lowest BCUT2D eigenvalue weighted by molar-refractivity contribution is -0.118. The Labute approximate surface area is 203 Å². The molecule has 0 saturated carbocycles. The highest BCUT2D eigenvalue weighted by Crippen LogP contribution is 2.38. The number of allylic oxidation sites excluding steroid dienone is 2. The SMILES string of the molecule is CCC1=C(C(=O)NC2CCOc3ccccc32)C=CCc2c1cccc2-c1cc(F)cc(F)c1F.[HH]. The molecule has 0 fully saturated rings. The van der Waals surface area contributed by atoms with Crippen LogP contribution in [0, 0.1) is 17.5 Å². The average Bonchev–Trinajstić information content (AvgIpc) is 3.05. The molecule has 1 aliphatic heterocycles. The van der Waals surface area contributed by atoms with Crippen LogP contribution in [-0.4, -0.2) is 12.5 Å². The molecule has 1 heterocycles. The van der Waals surface area contributed by atoms with Gasteiger partial charge in [0.25, 0.3) is 5.91 Å². The number of amides is 1. The average molecular weight is 478 g/mol. The van der Waals surface area contributed by atoms with Gasteiger partial charge in [-0.05, 0) is 47.2 Å². The molecule has 35 heavy (non-hydrogen) atoms. The highest BCUT2D eigenvalue weighted by atomic mass is 19.2. The zero-order chi connectivity index (χ0) is 24.5. The zero-order valence-electron chi connectivity index (χ0n) is 19.2. The molecule has 3 aromatic rings. The van der Waals surface area contributed by atoms with Gasteiger partial charge in [0.05, 0.1) is 12.6 Å². The maximum atomic E-state index is 14.7. The maximum Gasteiger partial charge on any atom is 0.252 e. The fraction of sp³-hybridized carbons (Fsp3) is 0.207. The quantitative estimate of drug-likeness (QED) is 0.414. The number of hydrogen-bond donors (Lipinski definition) is 1. The van der Waals surface area contributed by atoms with E-state index in [4.69, 9.17) is 4.74 Å². The van der Waals surface area contributed by atoms with Crippen molar-refractivity contribution in [3.8, 4) is 16.9 Å². The number of carbonyl (C=O) groups excluding carboxylic acids is 1. The van der Waals surface area contributed by atoms with Crippen molar-refractivity contribution in [3.63, 3.8) is 0 Å². The molecule has 0 radical (unpaired) electrons. The summed E-state index contributed by atoms with van der Waals surface area (Å²) < 4.78 is 48.3. The fourth-order valence-corrected chi connectivity index (χ4v) is 4.96. The number of fused-ring (bicyclic) bond motifs is 2. The summed E-state index contributed by atoms with van der Waals surface area (Å²) in [5, 5.41) is 3.15. The largest absolute Gasteiger partial charge is 0.493 e. The second-order valence-corrected chi connectivity index (χ2v) is 8.63. The minimum absolute atomic E-state index is 0. The minimum atomic E-state index is -1.23. The molecular weight excluding hydrogens is 451 g/mol. The van der Waals surface area contributed by atoms with Crippen LogP contribution in [-0.2, 0) is 11.2 Å². The van der Waals surface area contributed by atoms with Gasteiger partial charge >= 0.3 is 0 Å². The van der Waals surface area contributed by atoms with Crippen LogP contribution in [0.3, 0.4) is 0 Å². The first-order valence-corrected chi connectivity index (χ1v) is 11.7. The van der Waals surface area contributed by atoms with E-state index >= 15 is 0 Å². The molecule has 0 saturated heterocycles. The lowest BCUT2D eigenvalue weighted by Crippen LogP contribution is -2.33. The first-order valence-electron chi connectivity index (χ1n) is 11.7. The molecule has 1 aliphatic carbocycles. The summed E-state index contributed by atoms with van der Waals surface area (Å²) in [6.07, 6.45) is 5.22. The summed E-state index contributed by atoms with van der Waals surface area (Å²) in [6, 6.07) is 14.3. The number of ether oxygens (including phenoxy) is 1. The predicted octanol–water partition coefficient (Wildman–Crippen LogP) is 6.93. The molecule has 1 atom stereocenters. The molecule has 3 nitrogen and oxygen atoms in total. The lowest BCUT2D eigenvalue weighted by atomic mass is 9.88. The fourth-order valence-electron chi connectivity index (χ4n) is 4.96. The first-order chi connectivity index (χ1) is 17.0. The van der Waals surface area contributed by atoms with Gasteiger partial charge in [0.1, 0.15) is 11.6 Å². The summed E-state index contributed by atoms with van der Waals surface area (Å²) in [4.78, 5) is 13.5. The maximum absolute atomic E-state index is 14.7. The Morgan fingerprint density at radius 1 is 1.06 bits per heavy atom. The van der Waals surface area contributed by atoms with Gasteiger partial charge in [-0.15, -0.1) is 0 Å². The van der Waals surface area contributed by atoms with Crippen LogP contribution in [0.4, 0.5) is 13.2 Å². The summed E-state index contributed by atoms with van der Waals surface area (Å²) >= 11 is 0. The second kappa shape index (κ2) is 9.45. The molecule has 1 amide bonds. The molecule has 2 aliphatic rings. The Morgan fingerprint density at radius 2 is 1.86 bits per heavy atom. The predicted molar refractivity (Wildman–Crippen MR) is 131 cm³/mol. The van der Waals surface area contributed by atoms with E-state index < -0.39 is 17.5 Å². The van der Waals surface area contributed by atoms with Crippen molar-refractivity contribution in [1.29, 1.82) is 0 Å².